The molecule has 0 bridgehead atoms. The fourth-order valence-electron chi connectivity index (χ4n) is 4.45. The minimum Gasteiger partial charge on any atom is -0.356 e. The minimum absolute atomic E-state index is 0.00438. The first kappa shape index (κ1) is 20.2. The number of aliphatic hydroxyl groups excluding tert-OH is 1. The molecule has 2 aliphatic rings. The lowest BCUT2D eigenvalue weighted by Crippen LogP contribution is -2.43. The van der Waals surface area contributed by atoms with Gasteiger partial charge >= 0.3 is 0 Å². The van der Waals surface area contributed by atoms with Crippen LogP contribution in [0.2, 0.25) is 0 Å². The van der Waals surface area contributed by atoms with Gasteiger partial charge < -0.3 is 15.2 Å². The molecule has 2 fully saturated rings. The van der Waals surface area contributed by atoms with Crippen molar-refractivity contribution in [2.24, 2.45) is 17.8 Å². The second-order valence-corrected chi connectivity index (χ2v) is 9.27. The first-order valence-corrected chi connectivity index (χ1v) is 10.3. The zero-order valence-electron chi connectivity index (χ0n) is 17.7. The van der Waals surface area contributed by atoms with Crippen LogP contribution in [0.3, 0.4) is 0 Å². The summed E-state index contributed by atoms with van der Waals surface area (Å²) in [4.78, 5) is 23.8. The van der Waals surface area contributed by atoms with Crippen LogP contribution < -0.4 is 5.32 Å². The molecule has 4 rings (SSSR count). The Bertz CT molecular complexity index is 914. The van der Waals surface area contributed by atoms with Crippen LogP contribution in [0.15, 0.2) is 24.3 Å². The third-order valence-corrected chi connectivity index (χ3v) is 5.81. The second kappa shape index (κ2) is 7.31. The number of carbonyl (C=O) groups is 1. The molecule has 0 spiro atoms. The largest absolute Gasteiger partial charge is 0.356 e. The molecule has 1 aliphatic carbocycles. The van der Waals surface area contributed by atoms with Gasteiger partial charge in [-0.2, -0.15) is 0 Å². The number of amides is 1. The summed E-state index contributed by atoms with van der Waals surface area (Å²) >= 11 is 0. The van der Waals surface area contributed by atoms with Crippen molar-refractivity contribution in [1.29, 1.82) is 0 Å². The third kappa shape index (κ3) is 4.13. The Morgan fingerprint density at radius 2 is 1.90 bits per heavy atom. The van der Waals surface area contributed by atoms with Gasteiger partial charge in [-0.3, -0.25) is 9.69 Å². The summed E-state index contributed by atoms with van der Waals surface area (Å²) in [7, 11) is 0. The highest BCUT2D eigenvalue weighted by Crippen LogP contribution is 2.52. The number of fused-ring (bicyclic) bond motifs is 2. The van der Waals surface area contributed by atoms with Crippen LogP contribution in [0.4, 0.5) is 0 Å². The summed E-state index contributed by atoms with van der Waals surface area (Å²) in [5.41, 5.74) is 1.34. The molecule has 3 unspecified atom stereocenters. The van der Waals surface area contributed by atoms with E-state index in [9.17, 15) is 9.90 Å². The van der Waals surface area contributed by atoms with Gasteiger partial charge in [-0.25, -0.2) is 9.97 Å². The summed E-state index contributed by atoms with van der Waals surface area (Å²) in [6, 6.07) is 7.68. The smallest absolute Gasteiger partial charge is 0.224 e. The molecule has 1 aromatic heterocycles. The van der Waals surface area contributed by atoms with Crippen molar-refractivity contribution in [3.05, 3.63) is 35.8 Å². The highest BCUT2D eigenvalue weighted by molar-refractivity contribution is 5.85. The zero-order valence-corrected chi connectivity index (χ0v) is 17.7. The van der Waals surface area contributed by atoms with E-state index in [1.807, 2.05) is 63.8 Å². The van der Waals surface area contributed by atoms with E-state index < -0.39 is 12.0 Å². The van der Waals surface area contributed by atoms with Crippen molar-refractivity contribution in [2.45, 2.75) is 52.7 Å². The van der Waals surface area contributed by atoms with Crippen molar-refractivity contribution < 1.29 is 14.6 Å². The number of likely N-dealkylation sites (tertiary alicyclic amines) is 1. The van der Waals surface area contributed by atoms with E-state index in [1.54, 1.807) is 0 Å². The number of benzene rings is 1. The van der Waals surface area contributed by atoms with Crippen LogP contribution in [0.25, 0.3) is 10.9 Å². The molecule has 1 aliphatic heterocycles. The average molecular weight is 399 g/mol. The van der Waals surface area contributed by atoms with Crippen LogP contribution in [-0.2, 0) is 9.53 Å². The number of hydrogen-bond acceptors (Lipinski definition) is 6. The number of nitrogens with zero attached hydrogens (tertiary/aromatic N) is 3. The van der Waals surface area contributed by atoms with E-state index in [-0.39, 0.29) is 29.7 Å². The first-order chi connectivity index (χ1) is 13.6. The van der Waals surface area contributed by atoms with Crippen molar-refractivity contribution in [3.8, 4) is 0 Å². The molecule has 5 atom stereocenters. The van der Waals surface area contributed by atoms with Crippen molar-refractivity contribution >= 4 is 16.8 Å². The second-order valence-electron chi connectivity index (χ2n) is 9.27. The first-order valence-electron chi connectivity index (χ1n) is 10.3. The number of carbonyl (C=O) groups excluding carboxylic acids is 1. The molecule has 0 radical (unpaired) electrons. The zero-order chi connectivity index (χ0) is 20.9. The number of aromatic nitrogens is 2. The van der Waals surface area contributed by atoms with Gasteiger partial charge in [0.15, 0.2) is 0 Å². The standard InChI is InChI=1S/C22H30N4O3/c1-12(19-14-8-6-7-9-17(14)24-13(2)25-19)23-20(27)18-15-10-26(11-16(15)18)21(28)29-22(3,4)5/h6-9,12,15-16,18,21,28H,10-11H2,1-5H3,(H,23,27)/t12?,15-,16+,18?,21?. The normalized spacial score (nSPS) is 26.2. The SMILES string of the molecule is Cc1nc(C(C)NC(=O)C2[C@H]3CN(C(O)OC(C)(C)C)C[C@@H]23)c2ccccc2n1. The Labute approximate surface area is 171 Å². The summed E-state index contributed by atoms with van der Waals surface area (Å²) in [5, 5.41) is 14.4. The van der Waals surface area contributed by atoms with Gasteiger partial charge in [0.1, 0.15) is 5.82 Å². The molecule has 156 valence electrons. The molecule has 1 saturated heterocycles. The molecule has 2 heterocycles. The Kier molecular flexibility index (Phi) is 5.09. The highest BCUT2D eigenvalue weighted by Gasteiger charge is 2.60. The minimum atomic E-state index is -0.916. The molecule has 1 amide bonds. The van der Waals surface area contributed by atoms with Crippen LogP contribution in [-0.4, -0.2) is 51.0 Å². The number of ether oxygens (including phenoxy) is 1. The van der Waals surface area contributed by atoms with E-state index in [0.717, 1.165) is 16.6 Å². The highest BCUT2D eigenvalue weighted by atomic mass is 16.6. The molecule has 29 heavy (non-hydrogen) atoms. The molecular weight excluding hydrogens is 368 g/mol. The number of rotatable bonds is 5. The molecule has 7 heteroatoms. The van der Waals surface area contributed by atoms with Gasteiger partial charge in [-0.1, -0.05) is 18.2 Å². The number of hydrogen-bond donors (Lipinski definition) is 2. The summed E-state index contributed by atoms with van der Waals surface area (Å²) in [6.45, 7) is 11.0. The van der Waals surface area contributed by atoms with Gasteiger partial charge in [0.25, 0.3) is 0 Å². The Hall–Kier alpha value is -2.09. The van der Waals surface area contributed by atoms with E-state index in [0.29, 0.717) is 18.9 Å². The van der Waals surface area contributed by atoms with Crippen LogP contribution in [0.5, 0.6) is 0 Å². The number of aryl methyl sites for hydroxylation is 1. The molecule has 7 nitrogen and oxygen atoms in total. The van der Waals surface area contributed by atoms with Gasteiger partial charge in [0.2, 0.25) is 12.3 Å². The van der Waals surface area contributed by atoms with Gasteiger partial charge in [-0.15, -0.1) is 0 Å². The van der Waals surface area contributed by atoms with E-state index in [4.69, 9.17) is 4.74 Å². The number of nitrogens with one attached hydrogen (secondary N) is 1. The predicted octanol–water partition coefficient (Wildman–Crippen LogP) is 2.38. The van der Waals surface area contributed by atoms with Gasteiger partial charge in [0.05, 0.1) is 22.9 Å². The summed E-state index contributed by atoms with van der Waals surface area (Å²) in [6.07, 6.45) is -0.916. The van der Waals surface area contributed by atoms with Gasteiger partial charge in [-0.05, 0) is 52.5 Å². The lowest BCUT2D eigenvalue weighted by Gasteiger charge is -2.31. The maximum Gasteiger partial charge on any atom is 0.224 e. The molecule has 1 aromatic carbocycles. The van der Waals surface area contributed by atoms with Gasteiger partial charge in [0, 0.05) is 24.4 Å². The predicted molar refractivity (Wildman–Crippen MR) is 110 cm³/mol. The fraction of sp³-hybridized carbons (Fsp3) is 0.591. The van der Waals surface area contributed by atoms with Crippen molar-refractivity contribution in [2.75, 3.05) is 13.1 Å². The number of piperidine rings is 1. The Balaban J connectivity index is 1.38. The van der Waals surface area contributed by atoms with Crippen LogP contribution >= 0.6 is 0 Å². The lowest BCUT2D eigenvalue weighted by molar-refractivity contribution is -0.236. The van der Waals surface area contributed by atoms with Crippen LogP contribution in [0, 0.1) is 24.7 Å². The van der Waals surface area contributed by atoms with Crippen molar-refractivity contribution in [3.63, 3.8) is 0 Å². The topological polar surface area (TPSA) is 87.6 Å². The van der Waals surface area contributed by atoms with E-state index >= 15 is 0 Å². The van der Waals surface area contributed by atoms with E-state index in [1.165, 1.54) is 0 Å². The Morgan fingerprint density at radius 3 is 2.55 bits per heavy atom. The molecule has 2 N–H and O–H groups in total. The number of para-hydroxylation sites is 1. The maximum absolute atomic E-state index is 12.9. The molecular formula is C22H30N4O3. The van der Waals surface area contributed by atoms with E-state index in [2.05, 4.69) is 15.3 Å². The fourth-order valence-corrected chi connectivity index (χ4v) is 4.45. The summed E-state index contributed by atoms with van der Waals surface area (Å²) in [5.74, 6) is 1.34. The molecule has 2 aromatic rings. The number of aliphatic hydroxyl groups is 1. The summed E-state index contributed by atoms with van der Waals surface area (Å²) < 4.78 is 5.63. The monoisotopic (exact) mass is 398 g/mol. The van der Waals surface area contributed by atoms with Crippen molar-refractivity contribution in [1.82, 2.24) is 20.2 Å². The van der Waals surface area contributed by atoms with Crippen LogP contribution in [0.1, 0.15) is 45.3 Å². The lowest BCUT2D eigenvalue weighted by atomic mass is 10.1. The average Bonchev–Trinajstić information content (AvgIpc) is 3.13. The molecule has 1 saturated carbocycles. The third-order valence-electron chi connectivity index (χ3n) is 5.81. The quantitative estimate of drug-likeness (QED) is 0.752. The Morgan fingerprint density at radius 1 is 1.24 bits per heavy atom. The maximum atomic E-state index is 12.9.